The average molecular weight is 174 g/mol. The highest BCUT2D eigenvalue weighted by Gasteiger charge is 2.23. The maximum absolute atomic E-state index is 9.54. The van der Waals surface area contributed by atoms with Gasteiger partial charge in [0.15, 0.2) is 0 Å². The summed E-state index contributed by atoms with van der Waals surface area (Å²) in [4.78, 5) is 0. The molecule has 0 amide bonds. The van der Waals surface area contributed by atoms with E-state index in [-0.39, 0.29) is 18.3 Å². The first kappa shape index (κ1) is 9.96. The fourth-order valence-electron chi connectivity index (χ4n) is 1.44. The highest BCUT2D eigenvalue weighted by Crippen LogP contribution is 2.15. The molecule has 0 radical (unpaired) electrons. The van der Waals surface area contributed by atoms with Gasteiger partial charge in [-0.2, -0.15) is 0 Å². The molecule has 3 unspecified atom stereocenters. The van der Waals surface area contributed by atoms with Crippen molar-refractivity contribution in [1.29, 1.82) is 0 Å². The van der Waals surface area contributed by atoms with Gasteiger partial charge >= 0.3 is 0 Å². The summed E-state index contributed by atoms with van der Waals surface area (Å²) >= 11 is 0. The molecule has 1 N–H and O–H groups in total. The minimum atomic E-state index is -0.339. The van der Waals surface area contributed by atoms with Crippen LogP contribution in [0, 0.1) is 0 Å². The lowest BCUT2D eigenvalue weighted by Gasteiger charge is -2.21. The molecule has 1 aliphatic heterocycles. The Labute approximate surface area is 73.7 Å². The summed E-state index contributed by atoms with van der Waals surface area (Å²) in [5.41, 5.74) is 0. The second kappa shape index (κ2) is 4.80. The Kier molecular flexibility index (Phi) is 3.98. The third kappa shape index (κ3) is 2.73. The zero-order chi connectivity index (χ0) is 8.97. The predicted molar refractivity (Wildman–Crippen MR) is 46.1 cm³/mol. The predicted octanol–water partition coefficient (Wildman–Crippen LogP) is 0.951. The van der Waals surface area contributed by atoms with E-state index in [1.54, 1.807) is 0 Å². The van der Waals surface area contributed by atoms with Crippen LogP contribution in [-0.4, -0.2) is 36.6 Å². The van der Waals surface area contributed by atoms with E-state index in [1.807, 2.05) is 13.8 Å². The lowest BCUT2D eigenvalue weighted by Crippen LogP contribution is -2.30. The molecule has 1 aliphatic rings. The molecular formula is C9H18O3. The Hall–Kier alpha value is -0.120. The van der Waals surface area contributed by atoms with Crippen molar-refractivity contribution in [2.24, 2.45) is 0 Å². The highest BCUT2D eigenvalue weighted by molar-refractivity contribution is 4.72. The summed E-state index contributed by atoms with van der Waals surface area (Å²) in [6.45, 7) is 5.23. The van der Waals surface area contributed by atoms with Crippen LogP contribution in [0.1, 0.15) is 26.7 Å². The van der Waals surface area contributed by atoms with Crippen LogP contribution in [0.4, 0.5) is 0 Å². The minimum Gasteiger partial charge on any atom is -0.390 e. The summed E-state index contributed by atoms with van der Waals surface area (Å²) < 4.78 is 10.8. The zero-order valence-electron chi connectivity index (χ0n) is 7.82. The topological polar surface area (TPSA) is 38.7 Å². The second-order valence-corrected chi connectivity index (χ2v) is 3.30. The molecule has 0 saturated carbocycles. The fraction of sp³-hybridized carbons (Fsp3) is 1.00. The van der Waals surface area contributed by atoms with Crippen LogP contribution in [0.25, 0.3) is 0 Å². The van der Waals surface area contributed by atoms with Gasteiger partial charge in [0.2, 0.25) is 0 Å². The quantitative estimate of drug-likeness (QED) is 0.677. The fourth-order valence-corrected chi connectivity index (χ4v) is 1.44. The van der Waals surface area contributed by atoms with E-state index in [1.165, 1.54) is 0 Å². The monoisotopic (exact) mass is 174 g/mol. The lowest BCUT2D eigenvalue weighted by molar-refractivity contribution is -0.0341. The van der Waals surface area contributed by atoms with Crippen LogP contribution in [0.3, 0.4) is 0 Å². The van der Waals surface area contributed by atoms with Crippen molar-refractivity contribution >= 4 is 0 Å². The Balaban J connectivity index is 2.40. The van der Waals surface area contributed by atoms with E-state index in [9.17, 15) is 5.11 Å². The van der Waals surface area contributed by atoms with E-state index >= 15 is 0 Å². The van der Waals surface area contributed by atoms with Crippen LogP contribution in [0.15, 0.2) is 0 Å². The van der Waals surface area contributed by atoms with Gasteiger partial charge in [-0.1, -0.05) is 6.92 Å². The number of aliphatic hydroxyl groups excluding tert-OH is 1. The summed E-state index contributed by atoms with van der Waals surface area (Å²) in [7, 11) is 0. The first-order valence-electron chi connectivity index (χ1n) is 4.65. The van der Waals surface area contributed by atoms with E-state index in [0.29, 0.717) is 13.2 Å². The molecule has 0 bridgehead atoms. The Morgan fingerprint density at radius 3 is 2.75 bits per heavy atom. The SMILES string of the molecule is CCC(O)C1CC(C)OCCO1. The average Bonchev–Trinajstić information content (AvgIpc) is 2.28. The minimum absolute atomic E-state index is 0.0347. The third-order valence-electron chi connectivity index (χ3n) is 2.23. The Morgan fingerprint density at radius 2 is 2.08 bits per heavy atom. The van der Waals surface area contributed by atoms with Gasteiger partial charge in [0.05, 0.1) is 31.5 Å². The van der Waals surface area contributed by atoms with Gasteiger partial charge in [-0.15, -0.1) is 0 Å². The summed E-state index contributed by atoms with van der Waals surface area (Å²) in [6, 6.07) is 0. The molecule has 72 valence electrons. The molecule has 3 nitrogen and oxygen atoms in total. The molecule has 3 heteroatoms. The van der Waals surface area contributed by atoms with E-state index in [0.717, 1.165) is 12.8 Å². The molecule has 12 heavy (non-hydrogen) atoms. The van der Waals surface area contributed by atoms with Gasteiger partial charge < -0.3 is 14.6 Å². The van der Waals surface area contributed by atoms with Crippen molar-refractivity contribution in [2.75, 3.05) is 13.2 Å². The first-order valence-corrected chi connectivity index (χ1v) is 4.65. The van der Waals surface area contributed by atoms with Crippen molar-refractivity contribution in [3.05, 3.63) is 0 Å². The number of aliphatic hydroxyl groups is 1. The summed E-state index contributed by atoms with van der Waals surface area (Å²) in [5.74, 6) is 0. The molecule has 0 aliphatic carbocycles. The van der Waals surface area contributed by atoms with Gasteiger partial charge in [0, 0.05) is 6.42 Å². The normalized spacial score (nSPS) is 34.2. The molecule has 1 fully saturated rings. The van der Waals surface area contributed by atoms with E-state index in [2.05, 4.69) is 0 Å². The van der Waals surface area contributed by atoms with E-state index in [4.69, 9.17) is 9.47 Å². The van der Waals surface area contributed by atoms with Crippen LogP contribution >= 0.6 is 0 Å². The largest absolute Gasteiger partial charge is 0.390 e. The lowest BCUT2D eigenvalue weighted by atomic mass is 10.1. The smallest absolute Gasteiger partial charge is 0.0859 e. The molecular weight excluding hydrogens is 156 g/mol. The summed E-state index contributed by atoms with van der Waals surface area (Å²) in [6.07, 6.45) is 1.38. The van der Waals surface area contributed by atoms with Crippen LogP contribution in [0.2, 0.25) is 0 Å². The summed E-state index contributed by atoms with van der Waals surface area (Å²) in [5, 5.41) is 9.54. The zero-order valence-corrected chi connectivity index (χ0v) is 7.82. The van der Waals surface area contributed by atoms with Gasteiger partial charge in [-0.25, -0.2) is 0 Å². The standard InChI is InChI=1S/C9H18O3/c1-3-8(10)9-6-7(2)11-4-5-12-9/h7-10H,3-6H2,1-2H3. The molecule has 1 heterocycles. The van der Waals surface area contributed by atoms with Gasteiger partial charge in [-0.3, -0.25) is 0 Å². The maximum atomic E-state index is 9.54. The second-order valence-electron chi connectivity index (χ2n) is 3.30. The molecule has 0 aromatic carbocycles. The van der Waals surface area contributed by atoms with Gasteiger partial charge in [0.1, 0.15) is 0 Å². The highest BCUT2D eigenvalue weighted by atomic mass is 16.6. The van der Waals surface area contributed by atoms with Crippen molar-refractivity contribution in [3.63, 3.8) is 0 Å². The number of ether oxygens (including phenoxy) is 2. The van der Waals surface area contributed by atoms with Crippen molar-refractivity contribution in [3.8, 4) is 0 Å². The van der Waals surface area contributed by atoms with Crippen molar-refractivity contribution in [1.82, 2.24) is 0 Å². The maximum Gasteiger partial charge on any atom is 0.0859 e. The Bertz CT molecular complexity index is 127. The molecule has 0 aromatic heterocycles. The van der Waals surface area contributed by atoms with Crippen LogP contribution < -0.4 is 0 Å². The van der Waals surface area contributed by atoms with E-state index < -0.39 is 0 Å². The van der Waals surface area contributed by atoms with Gasteiger partial charge in [-0.05, 0) is 13.3 Å². The first-order chi connectivity index (χ1) is 5.74. The molecule has 3 atom stereocenters. The number of hydrogen-bond donors (Lipinski definition) is 1. The third-order valence-corrected chi connectivity index (χ3v) is 2.23. The Morgan fingerprint density at radius 1 is 1.42 bits per heavy atom. The molecule has 0 spiro atoms. The van der Waals surface area contributed by atoms with Gasteiger partial charge in [0.25, 0.3) is 0 Å². The van der Waals surface area contributed by atoms with Crippen LogP contribution in [-0.2, 0) is 9.47 Å². The van der Waals surface area contributed by atoms with Crippen LogP contribution in [0.5, 0.6) is 0 Å². The van der Waals surface area contributed by atoms with Crippen molar-refractivity contribution < 1.29 is 14.6 Å². The van der Waals surface area contributed by atoms with Crippen molar-refractivity contribution in [2.45, 2.75) is 45.0 Å². The molecule has 0 aromatic rings. The number of rotatable bonds is 2. The molecule has 1 saturated heterocycles. The molecule has 1 rings (SSSR count). The number of hydrogen-bond acceptors (Lipinski definition) is 3.